The molecule has 7 heteroatoms. The number of rotatable bonds is 4. The van der Waals surface area contributed by atoms with Crippen LogP contribution in [0.15, 0.2) is 30.5 Å². The molecule has 21 heavy (non-hydrogen) atoms. The lowest BCUT2D eigenvalue weighted by Gasteiger charge is -2.16. The summed E-state index contributed by atoms with van der Waals surface area (Å²) in [6.45, 7) is 1.99. The van der Waals surface area contributed by atoms with Crippen molar-refractivity contribution in [1.29, 1.82) is 0 Å². The average molecular weight is 288 g/mol. The van der Waals surface area contributed by atoms with Crippen LogP contribution in [0.1, 0.15) is 21.6 Å². The van der Waals surface area contributed by atoms with Crippen LogP contribution in [0.2, 0.25) is 0 Å². The maximum atomic E-state index is 12.3. The van der Waals surface area contributed by atoms with Crippen LogP contribution in [0.25, 0.3) is 0 Å². The van der Waals surface area contributed by atoms with Gasteiger partial charge in [-0.3, -0.25) is 19.6 Å². The predicted molar refractivity (Wildman–Crippen MR) is 76.8 cm³/mol. The molecule has 1 heterocycles. The van der Waals surface area contributed by atoms with Crippen molar-refractivity contribution in [3.05, 3.63) is 57.4 Å². The van der Waals surface area contributed by atoms with E-state index in [9.17, 15) is 14.9 Å². The van der Waals surface area contributed by atoms with Gasteiger partial charge in [-0.15, -0.1) is 0 Å². The largest absolute Gasteiger partial charge is 0.336 e. The molecular weight excluding hydrogens is 272 g/mol. The van der Waals surface area contributed by atoms with Crippen LogP contribution >= 0.6 is 0 Å². The van der Waals surface area contributed by atoms with Crippen LogP contribution < -0.4 is 0 Å². The van der Waals surface area contributed by atoms with E-state index in [1.807, 2.05) is 6.07 Å². The lowest BCUT2D eigenvalue weighted by Crippen LogP contribution is -2.26. The van der Waals surface area contributed by atoms with Gasteiger partial charge in [-0.25, -0.2) is 0 Å². The molecule has 0 saturated heterocycles. The summed E-state index contributed by atoms with van der Waals surface area (Å²) in [5.74, 6) is -0.274. The summed E-state index contributed by atoms with van der Waals surface area (Å²) >= 11 is 0. The van der Waals surface area contributed by atoms with E-state index >= 15 is 0 Å². The molecule has 110 valence electrons. The molecule has 0 saturated carbocycles. The number of nitrogens with zero attached hydrogens (tertiary/aromatic N) is 4. The van der Waals surface area contributed by atoms with Crippen molar-refractivity contribution < 1.29 is 9.72 Å². The van der Waals surface area contributed by atoms with E-state index in [2.05, 4.69) is 5.10 Å². The molecule has 0 N–H and O–H groups in total. The minimum atomic E-state index is -0.481. The van der Waals surface area contributed by atoms with Crippen LogP contribution in [-0.2, 0) is 13.6 Å². The number of nitro groups is 1. The Labute approximate surface area is 121 Å². The van der Waals surface area contributed by atoms with E-state index in [1.54, 1.807) is 44.0 Å². The Kier molecular flexibility index (Phi) is 4.02. The molecule has 0 aliphatic carbocycles. The lowest BCUT2D eigenvalue weighted by molar-refractivity contribution is -0.385. The quantitative estimate of drug-likeness (QED) is 0.635. The van der Waals surface area contributed by atoms with Crippen LogP contribution in [-0.4, -0.2) is 32.6 Å². The molecule has 7 nitrogen and oxygen atoms in total. The zero-order valence-electron chi connectivity index (χ0n) is 12.1. The third-order valence-electron chi connectivity index (χ3n) is 3.17. The molecular formula is C14H16N4O3. The first-order valence-electron chi connectivity index (χ1n) is 6.37. The summed E-state index contributed by atoms with van der Waals surface area (Å²) in [5.41, 5.74) is 1.54. The fourth-order valence-electron chi connectivity index (χ4n) is 2.02. The van der Waals surface area contributed by atoms with E-state index in [-0.39, 0.29) is 11.6 Å². The summed E-state index contributed by atoms with van der Waals surface area (Å²) in [7, 11) is 3.44. The van der Waals surface area contributed by atoms with Gasteiger partial charge in [0, 0.05) is 37.5 Å². The molecule has 1 aromatic carbocycles. The SMILES string of the molecule is Cc1ccc(C(=O)N(C)Cc2ccn(C)n2)cc1[N+](=O)[O-]. The van der Waals surface area contributed by atoms with Crippen LogP contribution in [0.5, 0.6) is 0 Å². The number of hydrogen-bond acceptors (Lipinski definition) is 4. The number of aromatic nitrogens is 2. The number of aryl methyl sites for hydroxylation is 2. The monoisotopic (exact) mass is 288 g/mol. The Morgan fingerprint density at radius 3 is 2.71 bits per heavy atom. The van der Waals surface area contributed by atoms with Crippen molar-refractivity contribution in [3.63, 3.8) is 0 Å². The second-order valence-electron chi connectivity index (χ2n) is 4.90. The highest BCUT2D eigenvalue weighted by Gasteiger charge is 2.18. The standard InChI is InChI=1S/C14H16N4O3/c1-10-4-5-11(8-13(10)18(20)21)14(19)16(2)9-12-6-7-17(3)15-12/h4-8H,9H2,1-3H3. The van der Waals surface area contributed by atoms with Crippen LogP contribution in [0.3, 0.4) is 0 Å². The van der Waals surface area contributed by atoms with Crippen molar-refractivity contribution in [2.75, 3.05) is 7.05 Å². The highest BCUT2D eigenvalue weighted by Crippen LogP contribution is 2.20. The molecule has 0 unspecified atom stereocenters. The van der Waals surface area contributed by atoms with Gasteiger partial charge in [-0.1, -0.05) is 6.07 Å². The predicted octanol–water partition coefficient (Wildman–Crippen LogP) is 1.91. The molecule has 0 fully saturated rings. The first-order chi connectivity index (χ1) is 9.88. The second-order valence-corrected chi connectivity index (χ2v) is 4.90. The molecule has 0 atom stereocenters. The maximum Gasteiger partial charge on any atom is 0.273 e. The van der Waals surface area contributed by atoms with Gasteiger partial charge in [0.2, 0.25) is 0 Å². The molecule has 0 radical (unpaired) electrons. The van der Waals surface area contributed by atoms with Crippen molar-refractivity contribution in [1.82, 2.24) is 14.7 Å². The van der Waals surface area contributed by atoms with Gasteiger partial charge >= 0.3 is 0 Å². The maximum absolute atomic E-state index is 12.3. The van der Waals surface area contributed by atoms with E-state index in [4.69, 9.17) is 0 Å². The average Bonchev–Trinajstić information content (AvgIpc) is 2.83. The summed E-state index contributed by atoms with van der Waals surface area (Å²) in [6.07, 6.45) is 1.80. The van der Waals surface area contributed by atoms with Crippen LogP contribution in [0.4, 0.5) is 5.69 Å². The molecule has 0 bridgehead atoms. The number of carbonyl (C=O) groups is 1. The van der Waals surface area contributed by atoms with Gasteiger partial charge in [-0.2, -0.15) is 5.10 Å². The topological polar surface area (TPSA) is 81.3 Å². The zero-order valence-corrected chi connectivity index (χ0v) is 12.1. The Hall–Kier alpha value is -2.70. The van der Waals surface area contributed by atoms with Crippen molar-refractivity contribution >= 4 is 11.6 Å². The lowest BCUT2D eigenvalue weighted by atomic mass is 10.1. The summed E-state index contributed by atoms with van der Waals surface area (Å²) in [4.78, 5) is 24.2. The number of benzene rings is 1. The number of carbonyl (C=O) groups excluding carboxylic acids is 1. The summed E-state index contributed by atoms with van der Waals surface area (Å²) in [5, 5.41) is 15.1. The van der Waals surface area contributed by atoms with Crippen molar-refractivity contribution in [2.45, 2.75) is 13.5 Å². The minimum absolute atomic E-state index is 0.0490. The van der Waals surface area contributed by atoms with Gasteiger partial charge in [0.1, 0.15) is 0 Å². The number of nitro benzene ring substituents is 1. The Bertz CT molecular complexity index is 693. The Balaban J connectivity index is 2.19. The summed E-state index contributed by atoms with van der Waals surface area (Å²) < 4.78 is 1.66. The smallest absolute Gasteiger partial charge is 0.273 e. The molecule has 1 aromatic heterocycles. The Morgan fingerprint density at radius 2 is 2.14 bits per heavy atom. The molecule has 1 amide bonds. The van der Waals surface area contributed by atoms with E-state index in [1.165, 1.54) is 11.0 Å². The molecule has 0 aliphatic rings. The summed E-state index contributed by atoms with van der Waals surface area (Å²) in [6, 6.07) is 6.31. The molecule has 2 aromatic rings. The fourth-order valence-corrected chi connectivity index (χ4v) is 2.02. The molecule has 2 rings (SSSR count). The van der Waals surface area contributed by atoms with Gasteiger partial charge in [0.05, 0.1) is 17.2 Å². The third-order valence-corrected chi connectivity index (χ3v) is 3.17. The van der Waals surface area contributed by atoms with Gasteiger partial charge < -0.3 is 4.90 Å². The zero-order chi connectivity index (χ0) is 15.6. The fraction of sp³-hybridized carbons (Fsp3) is 0.286. The number of amides is 1. The Morgan fingerprint density at radius 1 is 1.43 bits per heavy atom. The van der Waals surface area contributed by atoms with Gasteiger partial charge in [-0.05, 0) is 19.1 Å². The van der Waals surface area contributed by atoms with E-state index in [0.29, 0.717) is 17.7 Å². The third kappa shape index (κ3) is 3.25. The number of hydrogen-bond donors (Lipinski definition) is 0. The second kappa shape index (κ2) is 5.74. The van der Waals surface area contributed by atoms with Gasteiger partial charge in [0.15, 0.2) is 0 Å². The highest BCUT2D eigenvalue weighted by atomic mass is 16.6. The molecule has 0 aliphatic heterocycles. The minimum Gasteiger partial charge on any atom is -0.336 e. The highest BCUT2D eigenvalue weighted by molar-refractivity contribution is 5.94. The first-order valence-corrected chi connectivity index (χ1v) is 6.37. The van der Waals surface area contributed by atoms with E-state index < -0.39 is 4.92 Å². The van der Waals surface area contributed by atoms with Crippen molar-refractivity contribution in [2.24, 2.45) is 7.05 Å². The first kappa shape index (κ1) is 14.7. The molecule has 0 spiro atoms. The van der Waals surface area contributed by atoms with Crippen LogP contribution in [0, 0.1) is 17.0 Å². The van der Waals surface area contributed by atoms with E-state index in [0.717, 1.165) is 5.69 Å². The van der Waals surface area contributed by atoms with Crippen molar-refractivity contribution in [3.8, 4) is 0 Å². The van der Waals surface area contributed by atoms with Gasteiger partial charge in [0.25, 0.3) is 11.6 Å². The normalized spacial score (nSPS) is 10.4.